The molecule has 0 aliphatic carbocycles. The number of carbonyl (C=O) groups excluding carboxylic acids is 1. The highest BCUT2D eigenvalue weighted by Crippen LogP contribution is 2.23. The molecule has 2 rings (SSSR count). The van der Waals surface area contributed by atoms with Crippen molar-refractivity contribution >= 4 is 11.6 Å². The number of hydrogen-bond acceptors (Lipinski definition) is 4. The van der Waals surface area contributed by atoms with Crippen molar-refractivity contribution in [3.8, 4) is 0 Å². The third kappa shape index (κ3) is 2.58. The normalized spacial score (nSPS) is 18.6. The molecule has 0 unspecified atom stereocenters. The topological polar surface area (TPSA) is 83.7 Å². The van der Waals surface area contributed by atoms with E-state index in [1.807, 2.05) is 0 Å². The van der Waals surface area contributed by atoms with Crippen molar-refractivity contribution in [2.24, 2.45) is 0 Å². The van der Waals surface area contributed by atoms with Gasteiger partial charge in [-0.15, -0.1) is 0 Å². The lowest BCUT2D eigenvalue weighted by molar-refractivity contribution is -0.384. The van der Waals surface area contributed by atoms with Gasteiger partial charge in [-0.3, -0.25) is 14.9 Å². The zero-order valence-corrected chi connectivity index (χ0v) is 10.7. The summed E-state index contributed by atoms with van der Waals surface area (Å²) in [5.41, 5.74) is 0.961. The van der Waals surface area contributed by atoms with Gasteiger partial charge in [0.15, 0.2) is 0 Å². The first-order chi connectivity index (χ1) is 9.04. The van der Waals surface area contributed by atoms with Gasteiger partial charge in [0.1, 0.15) is 0 Å². The zero-order valence-electron chi connectivity index (χ0n) is 10.7. The predicted octanol–water partition coefficient (Wildman–Crippen LogP) is 1.50. The van der Waals surface area contributed by atoms with Gasteiger partial charge < -0.3 is 10.0 Å². The standard InChI is InChI=1S/C13H16N2O4/c1-9-4-5-10(15(18)19)7-12(9)13(17)14-6-2-3-11(14)8-16/h4-5,7,11,16H,2-3,6,8H2,1H3/t11-/m0/s1. The molecule has 1 atom stereocenters. The van der Waals surface area contributed by atoms with Gasteiger partial charge in [0.25, 0.3) is 11.6 Å². The number of likely N-dealkylation sites (tertiary alicyclic amines) is 1. The summed E-state index contributed by atoms with van der Waals surface area (Å²) in [4.78, 5) is 24.3. The molecule has 1 saturated heterocycles. The average Bonchev–Trinajstić information content (AvgIpc) is 2.86. The maximum Gasteiger partial charge on any atom is 0.270 e. The number of nitro benzene ring substituents is 1. The van der Waals surface area contributed by atoms with Crippen LogP contribution in [0.1, 0.15) is 28.8 Å². The number of aliphatic hydroxyl groups excluding tert-OH is 1. The number of nitro groups is 1. The highest BCUT2D eigenvalue weighted by molar-refractivity contribution is 5.96. The Morgan fingerprint density at radius 2 is 2.32 bits per heavy atom. The minimum atomic E-state index is -0.510. The van der Waals surface area contributed by atoms with E-state index in [-0.39, 0.29) is 24.2 Å². The van der Waals surface area contributed by atoms with Crippen molar-refractivity contribution in [1.29, 1.82) is 0 Å². The number of amides is 1. The number of nitrogens with zero attached hydrogens (tertiary/aromatic N) is 2. The molecule has 1 N–H and O–H groups in total. The van der Waals surface area contributed by atoms with Crippen LogP contribution in [0.5, 0.6) is 0 Å². The number of hydrogen-bond donors (Lipinski definition) is 1. The van der Waals surface area contributed by atoms with Crippen LogP contribution >= 0.6 is 0 Å². The Bertz CT molecular complexity index is 515. The smallest absolute Gasteiger partial charge is 0.270 e. The average molecular weight is 264 g/mol. The lowest BCUT2D eigenvalue weighted by Gasteiger charge is -2.23. The Morgan fingerprint density at radius 3 is 2.95 bits per heavy atom. The Hall–Kier alpha value is -1.95. The summed E-state index contributed by atoms with van der Waals surface area (Å²) in [5, 5.41) is 20.0. The monoisotopic (exact) mass is 264 g/mol. The van der Waals surface area contributed by atoms with E-state index in [2.05, 4.69) is 0 Å². The van der Waals surface area contributed by atoms with Crippen molar-refractivity contribution in [2.45, 2.75) is 25.8 Å². The second-order valence-corrected chi connectivity index (χ2v) is 4.73. The summed E-state index contributed by atoms with van der Waals surface area (Å²) >= 11 is 0. The third-order valence-electron chi connectivity index (χ3n) is 3.51. The fourth-order valence-electron chi connectivity index (χ4n) is 2.40. The van der Waals surface area contributed by atoms with E-state index >= 15 is 0 Å². The molecular weight excluding hydrogens is 248 g/mol. The van der Waals surface area contributed by atoms with Gasteiger partial charge in [-0.1, -0.05) is 6.07 Å². The van der Waals surface area contributed by atoms with Crippen LogP contribution in [-0.4, -0.2) is 40.0 Å². The molecule has 0 bridgehead atoms. The lowest BCUT2D eigenvalue weighted by atomic mass is 10.1. The summed E-state index contributed by atoms with van der Waals surface area (Å²) in [6.07, 6.45) is 1.63. The van der Waals surface area contributed by atoms with Gasteiger partial charge in [0, 0.05) is 24.2 Å². The molecule has 1 fully saturated rings. The van der Waals surface area contributed by atoms with Crippen LogP contribution in [0.3, 0.4) is 0 Å². The predicted molar refractivity (Wildman–Crippen MR) is 69.0 cm³/mol. The van der Waals surface area contributed by atoms with E-state index in [0.29, 0.717) is 17.7 Å². The van der Waals surface area contributed by atoms with E-state index < -0.39 is 4.92 Å². The van der Waals surface area contributed by atoms with Crippen LogP contribution < -0.4 is 0 Å². The molecule has 1 aliphatic heterocycles. The van der Waals surface area contributed by atoms with Crippen LogP contribution in [0, 0.1) is 17.0 Å². The Morgan fingerprint density at radius 1 is 1.58 bits per heavy atom. The molecule has 0 saturated carbocycles. The highest BCUT2D eigenvalue weighted by atomic mass is 16.6. The fraction of sp³-hybridized carbons (Fsp3) is 0.462. The first-order valence-corrected chi connectivity index (χ1v) is 6.21. The summed E-state index contributed by atoms with van der Waals surface area (Å²) in [7, 11) is 0. The molecule has 0 radical (unpaired) electrons. The second kappa shape index (κ2) is 5.36. The number of aryl methyl sites for hydroxylation is 1. The molecule has 0 aromatic heterocycles. The van der Waals surface area contributed by atoms with Crippen LogP contribution in [0.2, 0.25) is 0 Å². The van der Waals surface area contributed by atoms with Crippen LogP contribution in [0.4, 0.5) is 5.69 Å². The van der Waals surface area contributed by atoms with Crippen molar-refractivity contribution in [2.75, 3.05) is 13.2 Å². The van der Waals surface area contributed by atoms with Gasteiger partial charge in [-0.2, -0.15) is 0 Å². The van der Waals surface area contributed by atoms with Crippen molar-refractivity contribution in [3.63, 3.8) is 0 Å². The first kappa shape index (κ1) is 13.5. The summed E-state index contributed by atoms with van der Waals surface area (Å²) < 4.78 is 0. The van der Waals surface area contributed by atoms with Crippen molar-refractivity contribution in [3.05, 3.63) is 39.4 Å². The number of carbonyl (C=O) groups is 1. The SMILES string of the molecule is Cc1ccc([N+](=O)[O-])cc1C(=O)N1CCC[C@H]1CO. The molecule has 1 heterocycles. The fourth-order valence-corrected chi connectivity index (χ4v) is 2.40. The maximum absolute atomic E-state index is 12.4. The van der Waals surface area contributed by atoms with Gasteiger partial charge in [-0.25, -0.2) is 0 Å². The van der Waals surface area contributed by atoms with E-state index in [4.69, 9.17) is 0 Å². The largest absolute Gasteiger partial charge is 0.394 e. The van der Waals surface area contributed by atoms with E-state index in [1.165, 1.54) is 12.1 Å². The van der Waals surface area contributed by atoms with Gasteiger partial charge in [0.05, 0.1) is 17.6 Å². The Kier molecular flexibility index (Phi) is 3.80. The quantitative estimate of drug-likeness (QED) is 0.662. The van der Waals surface area contributed by atoms with E-state index in [9.17, 15) is 20.0 Å². The van der Waals surface area contributed by atoms with Gasteiger partial charge >= 0.3 is 0 Å². The Balaban J connectivity index is 2.32. The second-order valence-electron chi connectivity index (χ2n) is 4.73. The number of benzene rings is 1. The van der Waals surface area contributed by atoms with Crippen LogP contribution in [-0.2, 0) is 0 Å². The number of aliphatic hydroxyl groups is 1. The minimum Gasteiger partial charge on any atom is -0.394 e. The molecule has 1 amide bonds. The van der Waals surface area contributed by atoms with E-state index in [0.717, 1.165) is 12.8 Å². The first-order valence-electron chi connectivity index (χ1n) is 6.21. The third-order valence-corrected chi connectivity index (χ3v) is 3.51. The number of non-ortho nitro benzene ring substituents is 1. The summed E-state index contributed by atoms with van der Waals surface area (Å²) in [6.45, 7) is 2.27. The molecule has 6 nitrogen and oxygen atoms in total. The van der Waals surface area contributed by atoms with Gasteiger partial charge in [0.2, 0.25) is 0 Å². The molecule has 1 aliphatic rings. The Labute approximate surface area is 110 Å². The molecule has 102 valence electrons. The minimum absolute atomic E-state index is 0.0697. The maximum atomic E-state index is 12.4. The van der Waals surface area contributed by atoms with Crippen molar-refractivity contribution in [1.82, 2.24) is 4.90 Å². The van der Waals surface area contributed by atoms with E-state index in [1.54, 1.807) is 17.9 Å². The molecule has 6 heteroatoms. The van der Waals surface area contributed by atoms with Crippen LogP contribution in [0.25, 0.3) is 0 Å². The molecule has 1 aromatic rings. The summed E-state index contributed by atoms with van der Waals surface area (Å²) in [6, 6.07) is 4.10. The van der Waals surface area contributed by atoms with Crippen molar-refractivity contribution < 1.29 is 14.8 Å². The lowest BCUT2D eigenvalue weighted by Crippen LogP contribution is -2.37. The number of rotatable bonds is 3. The highest BCUT2D eigenvalue weighted by Gasteiger charge is 2.30. The van der Waals surface area contributed by atoms with Gasteiger partial charge in [-0.05, 0) is 25.3 Å². The molecule has 1 aromatic carbocycles. The molecule has 19 heavy (non-hydrogen) atoms. The molecular formula is C13H16N2O4. The zero-order chi connectivity index (χ0) is 14.0. The van der Waals surface area contributed by atoms with Crippen LogP contribution in [0.15, 0.2) is 18.2 Å². The molecule has 0 spiro atoms. The summed E-state index contributed by atoms with van der Waals surface area (Å²) in [5.74, 6) is -0.238.